The highest BCUT2D eigenvalue weighted by Gasteiger charge is 2.26. The van der Waals surface area contributed by atoms with Crippen LogP contribution in [0.2, 0.25) is 0 Å². The SMILES string of the molecule is COCC[C@@H]1CCCCN1C(=O)NCc1ccc(CO)cc1. The lowest BCUT2D eigenvalue weighted by Crippen LogP contribution is -2.48. The van der Waals surface area contributed by atoms with Crippen LogP contribution in [0.25, 0.3) is 0 Å². The third kappa shape index (κ3) is 4.71. The number of aliphatic hydroxyl groups is 1. The quantitative estimate of drug-likeness (QED) is 0.847. The highest BCUT2D eigenvalue weighted by Crippen LogP contribution is 2.19. The van der Waals surface area contributed by atoms with Crippen molar-refractivity contribution in [1.82, 2.24) is 10.2 Å². The summed E-state index contributed by atoms with van der Waals surface area (Å²) in [6.07, 6.45) is 4.21. The first-order chi connectivity index (χ1) is 10.7. The van der Waals surface area contributed by atoms with Gasteiger partial charge in [0.1, 0.15) is 0 Å². The molecule has 2 N–H and O–H groups in total. The first kappa shape index (κ1) is 16.8. The number of nitrogens with one attached hydrogen (secondary N) is 1. The van der Waals surface area contributed by atoms with E-state index in [1.54, 1.807) is 7.11 Å². The number of aliphatic hydroxyl groups excluding tert-OH is 1. The second-order valence-corrected chi connectivity index (χ2v) is 5.76. The van der Waals surface area contributed by atoms with Crippen molar-refractivity contribution < 1.29 is 14.6 Å². The molecule has 0 bridgehead atoms. The average Bonchev–Trinajstić information content (AvgIpc) is 2.58. The Balaban J connectivity index is 1.86. The van der Waals surface area contributed by atoms with Gasteiger partial charge in [-0.05, 0) is 36.8 Å². The van der Waals surface area contributed by atoms with Gasteiger partial charge in [0.2, 0.25) is 0 Å². The zero-order valence-corrected chi connectivity index (χ0v) is 13.3. The number of urea groups is 1. The van der Waals surface area contributed by atoms with Gasteiger partial charge in [0, 0.05) is 32.8 Å². The van der Waals surface area contributed by atoms with Gasteiger partial charge < -0.3 is 20.1 Å². The molecule has 2 amide bonds. The molecule has 1 aromatic rings. The van der Waals surface area contributed by atoms with E-state index >= 15 is 0 Å². The van der Waals surface area contributed by atoms with Crippen molar-refractivity contribution in [2.45, 2.75) is 44.9 Å². The Morgan fingerprint density at radius 2 is 2.05 bits per heavy atom. The monoisotopic (exact) mass is 306 g/mol. The van der Waals surface area contributed by atoms with E-state index in [0.29, 0.717) is 13.2 Å². The maximum absolute atomic E-state index is 12.4. The second kappa shape index (κ2) is 8.76. The molecule has 1 aromatic carbocycles. The Kier molecular flexibility index (Phi) is 6.68. The summed E-state index contributed by atoms with van der Waals surface area (Å²) in [4.78, 5) is 14.4. The maximum Gasteiger partial charge on any atom is 0.317 e. The third-order valence-electron chi connectivity index (χ3n) is 4.19. The summed E-state index contributed by atoms with van der Waals surface area (Å²) in [7, 11) is 1.70. The maximum atomic E-state index is 12.4. The molecule has 0 spiro atoms. The highest BCUT2D eigenvalue weighted by atomic mass is 16.5. The number of amides is 2. The molecular formula is C17H26N2O3. The Bertz CT molecular complexity index is 461. The zero-order valence-electron chi connectivity index (χ0n) is 13.3. The Morgan fingerprint density at radius 3 is 2.73 bits per heavy atom. The van der Waals surface area contributed by atoms with Gasteiger partial charge in [-0.2, -0.15) is 0 Å². The van der Waals surface area contributed by atoms with E-state index in [1.165, 1.54) is 6.42 Å². The van der Waals surface area contributed by atoms with Crippen LogP contribution in [0.1, 0.15) is 36.8 Å². The van der Waals surface area contributed by atoms with Gasteiger partial charge in [0.25, 0.3) is 0 Å². The van der Waals surface area contributed by atoms with Crippen molar-refractivity contribution in [3.8, 4) is 0 Å². The third-order valence-corrected chi connectivity index (χ3v) is 4.19. The largest absolute Gasteiger partial charge is 0.392 e. The Morgan fingerprint density at radius 1 is 1.32 bits per heavy atom. The molecule has 1 aliphatic rings. The summed E-state index contributed by atoms with van der Waals surface area (Å²) >= 11 is 0. The molecule has 5 nitrogen and oxygen atoms in total. The molecule has 2 rings (SSSR count). The average molecular weight is 306 g/mol. The first-order valence-electron chi connectivity index (χ1n) is 7.96. The predicted molar refractivity (Wildman–Crippen MR) is 85.4 cm³/mol. The first-order valence-corrected chi connectivity index (χ1v) is 7.96. The molecule has 0 unspecified atom stereocenters. The molecule has 0 radical (unpaired) electrons. The fraction of sp³-hybridized carbons (Fsp3) is 0.588. The minimum absolute atomic E-state index is 0.00652. The number of nitrogens with zero attached hydrogens (tertiary/aromatic N) is 1. The number of benzene rings is 1. The number of likely N-dealkylation sites (tertiary alicyclic amines) is 1. The molecule has 122 valence electrons. The lowest BCUT2D eigenvalue weighted by Gasteiger charge is -2.35. The summed E-state index contributed by atoms with van der Waals surface area (Å²) in [5.74, 6) is 0. The lowest BCUT2D eigenvalue weighted by atomic mass is 10.00. The van der Waals surface area contributed by atoms with Gasteiger partial charge in [-0.15, -0.1) is 0 Å². The van der Waals surface area contributed by atoms with E-state index in [0.717, 1.165) is 36.9 Å². The van der Waals surface area contributed by atoms with Crippen molar-refractivity contribution in [3.63, 3.8) is 0 Å². The van der Waals surface area contributed by atoms with Crippen LogP contribution >= 0.6 is 0 Å². The summed E-state index contributed by atoms with van der Waals surface area (Å²) < 4.78 is 5.14. The van der Waals surface area contributed by atoms with Crippen LogP contribution in [-0.2, 0) is 17.9 Å². The van der Waals surface area contributed by atoms with E-state index in [4.69, 9.17) is 9.84 Å². The molecule has 0 aromatic heterocycles. The fourth-order valence-corrected chi connectivity index (χ4v) is 2.86. The Hall–Kier alpha value is -1.59. The number of piperidine rings is 1. The van der Waals surface area contributed by atoms with Crippen LogP contribution in [0.4, 0.5) is 4.79 Å². The number of rotatable bonds is 6. The standard InChI is InChI=1S/C17H26N2O3/c1-22-11-9-16-4-2-3-10-19(16)17(21)18-12-14-5-7-15(13-20)8-6-14/h5-8,16,20H,2-4,9-13H2,1H3,(H,18,21)/t16-/m0/s1. The van der Waals surface area contributed by atoms with Crippen molar-refractivity contribution in [3.05, 3.63) is 35.4 Å². The number of carbonyl (C=O) groups is 1. The van der Waals surface area contributed by atoms with Crippen LogP contribution in [0.3, 0.4) is 0 Å². The van der Waals surface area contributed by atoms with Crippen molar-refractivity contribution in [2.75, 3.05) is 20.3 Å². The second-order valence-electron chi connectivity index (χ2n) is 5.76. The molecule has 1 aliphatic heterocycles. The number of methoxy groups -OCH3 is 1. The van der Waals surface area contributed by atoms with Gasteiger partial charge >= 0.3 is 6.03 Å². The van der Waals surface area contributed by atoms with Crippen molar-refractivity contribution in [1.29, 1.82) is 0 Å². The van der Waals surface area contributed by atoms with Gasteiger partial charge in [0.15, 0.2) is 0 Å². The molecular weight excluding hydrogens is 280 g/mol. The topological polar surface area (TPSA) is 61.8 Å². The van der Waals surface area contributed by atoms with Gasteiger partial charge in [-0.1, -0.05) is 24.3 Å². The Labute approximate surface area is 132 Å². The number of carbonyl (C=O) groups excluding carboxylic acids is 1. The fourth-order valence-electron chi connectivity index (χ4n) is 2.86. The molecule has 22 heavy (non-hydrogen) atoms. The van der Waals surface area contributed by atoms with Gasteiger partial charge in [0.05, 0.1) is 6.61 Å². The zero-order chi connectivity index (χ0) is 15.8. The van der Waals surface area contributed by atoms with Gasteiger partial charge in [-0.25, -0.2) is 4.79 Å². The van der Waals surface area contributed by atoms with E-state index < -0.39 is 0 Å². The normalized spacial score (nSPS) is 18.3. The molecule has 1 heterocycles. The summed E-state index contributed by atoms with van der Waals surface area (Å²) in [5, 5.41) is 12.0. The predicted octanol–water partition coefficient (Wildman–Crippen LogP) is 2.28. The molecule has 5 heteroatoms. The van der Waals surface area contributed by atoms with Crippen LogP contribution in [0.5, 0.6) is 0 Å². The van der Waals surface area contributed by atoms with E-state index in [2.05, 4.69) is 5.32 Å². The minimum Gasteiger partial charge on any atom is -0.392 e. The lowest BCUT2D eigenvalue weighted by molar-refractivity contribution is 0.116. The van der Waals surface area contributed by atoms with Crippen LogP contribution in [0.15, 0.2) is 24.3 Å². The van der Waals surface area contributed by atoms with Crippen LogP contribution in [-0.4, -0.2) is 42.3 Å². The van der Waals surface area contributed by atoms with Gasteiger partial charge in [-0.3, -0.25) is 0 Å². The minimum atomic E-state index is 0.00652. The molecule has 1 saturated heterocycles. The highest BCUT2D eigenvalue weighted by molar-refractivity contribution is 5.74. The van der Waals surface area contributed by atoms with Crippen LogP contribution < -0.4 is 5.32 Å². The summed E-state index contributed by atoms with van der Waals surface area (Å²) in [5.41, 5.74) is 1.92. The van der Waals surface area contributed by atoms with Crippen molar-refractivity contribution in [2.24, 2.45) is 0 Å². The molecule has 1 fully saturated rings. The summed E-state index contributed by atoms with van der Waals surface area (Å²) in [6, 6.07) is 7.92. The van der Waals surface area contributed by atoms with E-state index in [1.807, 2.05) is 29.2 Å². The van der Waals surface area contributed by atoms with E-state index in [9.17, 15) is 4.79 Å². The smallest absolute Gasteiger partial charge is 0.317 e. The molecule has 0 saturated carbocycles. The van der Waals surface area contributed by atoms with E-state index in [-0.39, 0.29) is 18.7 Å². The number of ether oxygens (including phenoxy) is 1. The van der Waals surface area contributed by atoms with Crippen molar-refractivity contribution >= 4 is 6.03 Å². The molecule has 1 atom stereocenters. The number of hydrogen-bond donors (Lipinski definition) is 2. The molecule has 0 aliphatic carbocycles. The summed E-state index contributed by atoms with van der Waals surface area (Å²) in [6.45, 7) is 2.07. The number of hydrogen-bond acceptors (Lipinski definition) is 3. The van der Waals surface area contributed by atoms with Crippen LogP contribution in [0, 0.1) is 0 Å².